The zero-order chi connectivity index (χ0) is 20.5. The zero-order valence-electron chi connectivity index (χ0n) is 16.5. The number of hydrogen-bond acceptors (Lipinski definition) is 6. The van der Waals surface area contributed by atoms with Crippen LogP contribution >= 0.6 is 0 Å². The Balaban J connectivity index is 1.97. The normalized spacial score (nSPS) is 11.4. The molecule has 0 aliphatic heterocycles. The van der Waals surface area contributed by atoms with E-state index in [0.29, 0.717) is 29.4 Å². The summed E-state index contributed by atoms with van der Waals surface area (Å²) in [4.78, 5) is 24.3. The van der Waals surface area contributed by atoms with E-state index in [1.807, 2.05) is 19.1 Å². The number of methoxy groups -OCH3 is 2. The molecule has 2 aromatic rings. The van der Waals surface area contributed by atoms with Crippen LogP contribution in [0.5, 0.6) is 11.5 Å². The molecule has 7 nitrogen and oxygen atoms in total. The summed E-state index contributed by atoms with van der Waals surface area (Å²) in [6.45, 7) is 4.03. The molecule has 0 radical (unpaired) electrons. The molecule has 0 heterocycles. The molecule has 0 saturated heterocycles. The average Bonchev–Trinajstić information content (AvgIpc) is 2.68. The highest BCUT2D eigenvalue weighted by Gasteiger charge is 2.17. The van der Waals surface area contributed by atoms with Gasteiger partial charge >= 0.3 is 5.97 Å². The molecule has 150 valence electrons. The average molecular weight is 387 g/mol. The highest BCUT2D eigenvalue weighted by Crippen LogP contribution is 2.26. The van der Waals surface area contributed by atoms with Gasteiger partial charge < -0.3 is 24.3 Å². The number of esters is 1. The number of carbonyl (C=O) groups excluding carboxylic acids is 2. The summed E-state index contributed by atoms with van der Waals surface area (Å²) in [6, 6.07) is 12.0. The summed E-state index contributed by atoms with van der Waals surface area (Å²) in [5, 5.41) is 2.84. The van der Waals surface area contributed by atoms with Crippen molar-refractivity contribution in [2.24, 2.45) is 0 Å². The quantitative estimate of drug-likeness (QED) is 0.525. The topological polar surface area (TPSA) is 83.1 Å². The van der Waals surface area contributed by atoms with Crippen molar-refractivity contribution in [2.75, 3.05) is 32.8 Å². The van der Waals surface area contributed by atoms with Crippen molar-refractivity contribution in [1.82, 2.24) is 0 Å². The van der Waals surface area contributed by atoms with Gasteiger partial charge in [0.25, 0.3) is 5.91 Å². The summed E-state index contributed by atoms with van der Waals surface area (Å²) in [5.41, 5.74) is 2.05. The Morgan fingerprint density at radius 2 is 1.75 bits per heavy atom. The van der Waals surface area contributed by atoms with E-state index < -0.39 is 12.1 Å². The molecule has 0 spiro atoms. The van der Waals surface area contributed by atoms with Crippen molar-refractivity contribution in [1.29, 1.82) is 0 Å². The van der Waals surface area contributed by atoms with Crippen molar-refractivity contribution in [3.8, 4) is 11.5 Å². The molecular formula is C21H25NO6. The van der Waals surface area contributed by atoms with Crippen molar-refractivity contribution in [3.05, 3.63) is 53.6 Å². The molecule has 0 saturated carbocycles. The highest BCUT2D eigenvalue weighted by atomic mass is 16.6. The van der Waals surface area contributed by atoms with Crippen LogP contribution in [-0.4, -0.2) is 45.4 Å². The molecular weight excluding hydrogens is 362 g/mol. The first-order chi connectivity index (χ1) is 13.4. The van der Waals surface area contributed by atoms with Gasteiger partial charge in [0, 0.05) is 12.7 Å². The number of carbonyl (C=O) groups is 2. The number of amides is 1. The lowest BCUT2D eigenvalue weighted by Gasteiger charge is -2.14. The third-order valence-corrected chi connectivity index (χ3v) is 3.90. The fourth-order valence-corrected chi connectivity index (χ4v) is 2.39. The second-order valence-electron chi connectivity index (χ2n) is 6.10. The molecule has 0 fully saturated rings. The maximum Gasteiger partial charge on any atom is 0.347 e. The van der Waals surface area contributed by atoms with Gasteiger partial charge in [0.2, 0.25) is 0 Å². The third kappa shape index (κ3) is 5.99. The van der Waals surface area contributed by atoms with E-state index in [0.717, 1.165) is 5.56 Å². The van der Waals surface area contributed by atoms with Crippen LogP contribution in [0.25, 0.3) is 0 Å². The van der Waals surface area contributed by atoms with Gasteiger partial charge in [0.1, 0.15) is 18.1 Å². The van der Waals surface area contributed by atoms with E-state index in [1.165, 1.54) is 7.11 Å². The van der Waals surface area contributed by atoms with Crippen molar-refractivity contribution in [3.63, 3.8) is 0 Å². The molecule has 0 aliphatic carbocycles. The molecule has 28 heavy (non-hydrogen) atoms. The number of nitrogens with one attached hydrogen (secondary N) is 1. The minimum atomic E-state index is -0.770. The van der Waals surface area contributed by atoms with E-state index in [9.17, 15) is 9.59 Å². The van der Waals surface area contributed by atoms with Crippen molar-refractivity contribution in [2.45, 2.75) is 20.0 Å². The van der Waals surface area contributed by atoms with Crippen LogP contribution in [0.3, 0.4) is 0 Å². The Bertz CT molecular complexity index is 803. The maximum atomic E-state index is 12.5. The second kappa shape index (κ2) is 10.3. The summed E-state index contributed by atoms with van der Waals surface area (Å²) < 4.78 is 20.7. The van der Waals surface area contributed by atoms with Gasteiger partial charge in [0.15, 0.2) is 6.10 Å². The van der Waals surface area contributed by atoms with Gasteiger partial charge in [-0.15, -0.1) is 0 Å². The van der Waals surface area contributed by atoms with Crippen LogP contribution in [0.15, 0.2) is 42.5 Å². The Labute approximate surface area is 164 Å². The Kier molecular flexibility index (Phi) is 7.83. The van der Waals surface area contributed by atoms with Gasteiger partial charge in [-0.3, -0.25) is 4.79 Å². The van der Waals surface area contributed by atoms with E-state index in [4.69, 9.17) is 18.9 Å². The van der Waals surface area contributed by atoms with E-state index >= 15 is 0 Å². The minimum Gasteiger partial charge on any atom is -0.495 e. The number of ether oxygens (including phenoxy) is 4. The number of anilines is 1. The van der Waals surface area contributed by atoms with E-state index in [1.54, 1.807) is 44.4 Å². The number of hydrogen-bond donors (Lipinski definition) is 1. The Morgan fingerprint density at radius 1 is 1.04 bits per heavy atom. The summed E-state index contributed by atoms with van der Waals surface area (Å²) >= 11 is 0. The molecule has 1 amide bonds. The highest BCUT2D eigenvalue weighted by molar-refractivity contribution is 6.05. The SMILES string of the molecule is COCCOC(=O)C(C)Oc1ccc(C(=O)Nc2cc(C)ccc2OC)cc1. The fraction of sp³-hybridized carbons (Fsp3) is 0.333. The van der Waals surface area contributed by atoms with Gasteiger partial charge in [0.05, 0.1) is 19.4 Å². The van der Waals surface area contributed by atoms with Crippen molar-refractivity contribution >= 4 is 17.6 Å². The first kappa shape index (κ1) is 21.2. The smallest absolute Gasteiger partial charge is 0.347 e. The Hall–Kier alpha value is -3.06. The number of aryl methyl sites for hydroxylation is 1. The predicted molar refractivity (Wildman–Crippen MR) is 105 cm³/mol. The third-order valence-electron chi connectivity index (χ3n) is 3.90. The van der Waals surface area contributed by atoms with E-state index in [-0.39, 0.29) is 12.5 Å². The molecule has 0 bridgehead atoms. The predicted octanol–water partition coefficient (Wildman–Crippen LogP) is 3.21. The minimum absolute atomic E-state index is 0.171. The maximum absolute atomic E-state index is 12.5. The van der Waals surface area contributed by atoms with Crippen LogP contribution < -0.4 is 14.8 Å². The molecule has 0 aliphatic rings. The molecule has 7 heteroatoms. The Morgan fingerprint density at radius 3 is 2.39 bits per heavy atom. The number of rotatable bonds is 9. The fourth-order valence-electron chi connectivity index (χ4n) is 2.39. The van der Waals surface area contributed by atoms with E-state index in [2.05, 4.69) is 5.32 Å². The first-order valence-corrected chi connectivity index (χ1v) is 8.83. The van der Waals surface area contributed by atoms with Gasteiger partial charge in [-0.05, 0) is 55.8 Å². The lowest BCUT2D eigenvalue weighted by Crippen LogP contribution is -2.27. The lowest BCUT2D eigenvalue weighted by atomic mass is 10.1. The van der Waals surface area contributed by atoms with Crippen LogP contribution in [0.4, 0.5) is 5.69 Å². The summed E-state index contributed by atoms with van der Waals surface area (Å²) in [6.07, 6.45) is -0.770. The van der Waals surface area contributed by atoms with Gasteiger partial charge in [-0.1, -0.05) is 6.07 Å². The van der Waals surface area contributed by atoms with Crippen molar-refractivity contribution < 1.29 is 28.5 Å². The van der Waals surface area contributed by atoms with Crippen LogP contribution in [0, 0.1) is 6.92 Å². The molecule has 1 N–H and O–H groups in total. The number of benzene rings is 2. The van der Waals surface area contributed by atoms with Gasteiger partial charge in [-0.2, -0.15) is 0 Å². The van der Waals surface area contributed by atoms with Gasteiger partial charge in [-0.25, -0.2) is 4.79 Å². The largest absolute Gasteiger partial charge is 0.495 e. The lowest BCUT2D eigenvalue weighted by molar-refractivity contribution is -0.152. The molecule has 1 unspecified atom stereocenters. The molecule has 0 aromatic heterocycles. The van der Waals surface area contributed by atoms with Crippen LogP contribution in [-0.2, 0) is 14.3 Å². The second-order valence-corrected chi connectivity index (χ2v) is 6.10. The summed E-state index contributed by atoms with van der Waals surface area (Å²) in [5.74, 6) is 0.286. The molecule has 2 aromatic carbocycles. The molecule has 1 atom stereocenters. The van der Waals surface area contributed by atoms with Crippen LogP contribution in [0.1, 0.15) is 22.8 Å². The van der Waals surface area contributed by atoms with Crippen LogP contribution in [0.2, 0.25) is 0 Å². The monoisotopic (exact) mass is 387 g/mol. The molecule has 2 rings (SSSR count). The summed E-state index contributed by atoms with van der Waals surface area (Å²) in [7, 11) is 3.08. The standard InChI is InChI=1S/C21H25NO6/c1-14-5-10-19(26-4)18(13-14)22-20(23)16-6-8-17(9-7-16)28-15(2)21(24)27-12-11-25-3/h5-10,13,15H,11-12H2,1-4H3,(H,22,23). The zero-order valence-corrected chi connectivity index (χ0v) is 16.5. The first-order valence-electron chi connectivity index (χ1n) is 8.83.